The largest absolute Gasteiger partial charge is 0.491 e. The normalized spacial score (nSPS) is 16.0. The number of nitrogens with zero attached hydrogens (tertiary/aromatic N) is 1. The van der Waals surface area contributed by atoms with Crippen LogP contribution >= 0.6 is 0 Å². The number of aromatic nitrogens is 1. The van der Waals surface area contributed by atoms with Gasteiger partial charge in [-0.1, -0.05) is 18.2 Å². The zero-order valence-electron chi connectivity index (χ0n) is 11.4. The van der Waals surface area contributed by atoms with Crippen molar-refractivity contribution in [1.29, 1.82) is 0 Å². The van der Waals surface area contributed by atoms with E-state index in [0.29, 0.717) is 12.4 Å². The fourth-order valence-corrected chi connectivity index (χ4v) is 2.33. The number of carbonyl (C=O) groups excluding carboxylic acids is 1. The maximum absolute atomic E-state index is 13.3. The summed E-state index contributed by atoms with van der Waals surface area (Å²) in [5, 5.41) is 5.62. The minimum Gasteiger partial charge on any atom is -0.491 e. The van der Waals surface area contributed by atoms with Gasteiger partial charge in [-0.15, -0.1) is 0 Å². The number of hydrogen-bond donors (Lipinski definition) is 2. The molecule has 6 heteroatoms. The highest BCUT2D eigenvalue weighted by Gasteiger charge is 2.26. The van der Waals surface area contributed by atoms with Gasteiger partial charge in [0.1, 0.15) is 24.0 Å². The van der Waals surface area contributed by atoms with E-state index in [1.165, 1.54) is 0 Å². The standard InChI is InChI=1S/C15H14FN3O2/c1-17-14-11(6-9(16)7-18-14)15(20)19-12-8-21-13-5-3-2-4-10(12)13/h2-7,12H,8H2,1H3,(H,17,18)(H,19,20). The van der Waals surface area contributed by atoms with Crippen LogP contribution in [0.2, 0.25) is 0 Å². The highest BCUT2D eigenvalue weighted by Crippen LogP contribution is 2.32. The minimum absolute atomic E-state index is 0.168. The van der Waals surface area contributed by atoms with Gasteiger partial charge >= 0.3 is 0 Å². The first-order valence-electron chi connectivity index (χ1n) is 6.55. The Kier molecular flexibility index (Phi) is 3.43. The molecule has 1 aliphatic rings. The first kappa shape index (κ1) is 13.4. The summed E-state index contributed by atoms with van der Waals surface area (Å²) in [7, 11) is 1.63. The SMILES string of the molecule is CNc1ncc(F)cc1C(=O)NC1COc2ccccc21. The number of pyridine rings is 1. The van der Waals surface area contributed by atoms with E-state index < -0.39 is 11.7 Å². The first-order chi connectivity index (χ1) is 10.2. The second-order valence-corrected chi connectivity index (χ2v) is 4.67. The van der Waals surface area contributed by atoms with Crippen molar-refractivity contribution in [3.05, 3.63) is 53.5 Å². The van der Waals surface area contributed by atoms with Gasteiger partial charge in [0.05, 0.1) is 17.8 Å². The van der Waals surface area contributed by atoms with Crippen LogP contribution in [0.15, 0.2) is 36.5 Å². The number of anilines is 1. The molecule has 1 aliphatic heterocycles. The molecule has 0 radical (unpaired) electrons. The molecule has 0 aliphatic carbocycles. The van der Waals surface area contributed by atoms with Gasteiger partial charge in [0.25, 0.3) is 5.91 Å². The molecule has 0 bridgehead atoms. The lowest BCUT2D eigenvalue weighted by Gasteiger charge is -2.13. The monoisotopic (exact) mass is 287 g/mol. The summed E-state index contributed by atoms with van der Waals surface area (Å²) >= 11 is 0. The third kappa shape index (κ3) is 2.52. The fourth-order valence-electron chi connectivity index (χ4n) is 2.33. The van der Waals surface area contributed by atoms with E-state index in [0.717, 1.165) is 23.6 Å². The predicted octanol–water partition coefficient (Wildman–Crippen LogP) is 2.13. The van der Waals surface area contributed by atoms with Crippen LogP contribution in [0.25, 0.3) is 0 Å². The Balaban J connectivity index is 1.83. The number of ether oxygens (including phenoxy) is 1. The van der Waals surface area contributed by atoms with Crippen molar-refractivity contribution < 1.29 is 13.9 Å². The molecule has 3 rings (SSSR count). The van der Waals surface area contributed by atoms with Crippen LogP contribution in [-0.2, 0) is 0 Å². The van der Waals surface area contributed by atoms with E-state index in [9.17, 15) is 9.18 Å². The number of nitrogens with one attached hydrogen (secondary N) is 2. The van der Waals surface area contributed by atoms with Crippen molar-refractivity contribution in [2.24, 2.45) is 0 Å². The fraction of sp³-hybridized carbons (Fsp3) is 0.200. The Bertz CT molecular complexity index is 690. The number of hydrogen-bond acceptors (Lipinski definition) is 4. The summed E-state index contributed by atoms with van der Waals surface area (Å²) in [5.74, 6) is 0.147. The van der Waals surface area contributed by atoms with Crippen molar-refractivity contribution >= 4 is 11.7 Å². The molecule has 0 saturated heterocycles. The summed E-state index contributed by atoms with van der Waals surface area (Å²) in [6.07, 6.45) is 1.07. The molecule has 1 aromatic carbocycles. The number of para-hydroxylation sites is 1. The molecule has 0 spiro atoms. The van der Waals surface area contributed by atoms with Gasteiger partial charge in [-0.25, -0.2) is 9.37 Å². The molecule has 1 amide bonds. The zero-order valence-corrected chi connectivity index (χ0v) is 11.4. The molecule has 108 valence electrons. The maximum Gasteiger partial charge on any atom is 0.255 e. The van der Waals surface area contributed by atoms with Crippen LogP contribution in [0.3, 0.4) is 0 Å². The second-order valence-electron chi connectivity index (χ2n) is 4.67. The first-order valence-corrected chi connectivity index (χ1v) is 6.55. The number of benzene rings is 1. The van der Waals surface area contributed by atoms with Crippen molar-refractivity contribution in [1.82, 2.24) is 10.3 Å². The topological polar surface area (TPSA) is 63.2 Å². The summed E-state index contributed by atoms with van der Waals surface area (Å²) < 4.78 is 18.8. The summed E-state index contributed by atoms with van der Waals surface area (Å²) in [4.78, 5) is 16.2. The molecule has 2 aromatic rings. The summed E-state index contributed by atoms with van der Waals surface area (Å²) in [6, 6.07) is 8.42. The Morgan fingerprint density at radius 1 is 1.43 bits per heavy atom. The van der Waals surface area contributed by atoms with Gasteiger partial charge in [-0.05, 0) is 12.1 Å². The smallest absolute Gasteiger partial charge is 0.255 e. The van der Waals surface area contributed by atoms with Crippen LogP contribution in [-0.4, -0.2) is 24.5 Å². The van der Waals surface area contributed by atoms with E-state index in [4.69, 9.17) is 4.74 Å². The number of rotatable bonds is 3. The lowest BCUT2D eigenvalue weighted by Crippen LogP contribution is -2.30. The highest BCUT2D eigenvalue weighted by atomic mass is 19.1. The Hall–Kier alpha value is -2.63. The summed E-state index contributed by atoms with van der Waals surface area (Å²) in [5.41, 5.74) is 1.09. The number of carbonyl (C=O) groups is 1. The molecule has 5 nitrogen and oxygen atoms in total. The molecule has 0 saturated carbocycles. The molecular formula is C15H14FN3O2. The predicted molar refractivity (Wildman–Crippen MR) is 75.9 cm³/mol. The van der Waals surface area contributed by atoms with Gasteiger partial charge in [0.2, 0.25) is 0 Å². The molecule has 2 N–H and O–H groups in total. The van der Waals surface area contributed by atoms with E-state index >= 15 is 0 Å². The van der Waals surface area contributed by atoms with E-state index in [2.05, 4.69) is 15.6 Å². The van der Waals surface area contributed by atoms with Crippen molar-refractivity contribution in [3.63, 3.8) is 0 Å². The van der Waals surface area contributed by atoms with Crippen molar-refractivity contribution in [2.75, 3.05) is 19.0 Å². The van der Waals surface area contributed by atoms with Gasteiger partial charge in [-0.3, -0.25) is 4.79 Å². The van der Waals surface area contributed by atoms with Gasteiger partial charge in [0.15, 0.2) is 0 Å². The molecular weight excluding hydrogens is 273 g/mol. The lowest BCUT2D eigenvalue weighted by atomic mass is 10.1. The van der Waals surface area contributed by atoms with Crippen molar-refractivity contribution in [2.45, 2.75) is 6.04 Å². The third-order valence-corrected chi connectivity index (χ3v) is 3.34. The number of fused-ring (bicyclic) bond motifs is 1. The van der Waals surface area contributed by atoms with Crippen LogP contribution in [0.1, 0.15) is 22.0 Å². The molecule has 1 atom stereocenters. The minimum atomic E-state index is -0.553. The summed E-state index contributed by atoms with van der Waals surface area (Å²) in [6.45, 7) is 0.364. The maximum atomic E-state index is 13.3. The van der Waals surface area contributed by atoms with Gasteiger partial charge < -0.3 is 15.4 Å². The van der Waals surface area contributed by atoms with Gasteiger partial charge in [0, 0.05) is 12.6 Å². The second kappa shape index (κ2) is 5.40. The van der Waals surface area contributed by atoms with Crippen LogP contribution in [0, 0.1) is 5.82 Å². The quantitative estimate of drug-likeness (QED) is 0.907. The van der Waals surface area contributed by atoms with E-state index in [1.807, 2.05) is 24.3 Å². The lowest BCUT2D eigenvalue weighted by molar-refractivity contribution is 0.0930. The van der Waals surface area contributed by atoms with Crippen LogP contribution in [0.5, 0.6) is 5.75 Å². The van der Waals surface area contributed by atoms with Crippen LogP contribution < -0.4 is 15.4 Å². The Morgan fingerprint density at radius 2 is 2.24 bits per heavy atom. The molecule has 0 fully saturated rings. The zero-order chi connectivity index (χ0) is 14.8. The highest BCUT2D eigenvalue weighted by molar-refractivity contribution is 5.99. The average molecular weight is 287 g/mol. The van der Waals surface area contributed by atoms with Gasteiger partial charge in [-0.2, -0.15) is 0 Å². The van der Waals surface area contributed by atoms with E-state index in [1.54, 1.807) is 7.05 Å². The van der Waals surface area contributed by atoms with E-state index in [-0.39, 0.29) is 11.6 Å². The third-order valence-electron chi connectivity index (χ3n) is 3.34. The van der Waals surface area contributed by atoms with Crippen molar-refractivity contribution in [3.8, 4) is 5.75 Å². The molecule has 2 heterocycles. The number of halogens is 1. The Morgan fingerprint density at radius 3 is 3.05 bits per heavy atom. The molecule has 1 aromatic heterocycles. The Labute approximate surface area is 121 Å². The van der Waals surface area contributed by atoms with Crippen LogP contribution in [0.4, 0.5) is 10.2 Å². The number of amides is 1. The average Bonchev–Trinajstić information content (AvgIpc) is 2.90. The molecule has 1 unspecified atom stereocenters. The molecule has 21 heavy (non-hydrogen) atoms.